The number of hydrogen-bond donors (Lipinski definition) is 3. The number of nitro groups is 1. The van der Waals surface area contributed by atoms with Gasteiger partial charge in [0.2, 0.25) is 0 Å². The van der Waals surface area contributed by atoms with E-state index in [0.717, 1.165) is 12.1 Å². The van der Waals surface area contributed by atoms with Crippen molar-refractivity contribution in [3.05, 3.63) is 39.1 Å². The Kier molecular flexibility index (Phi) is 5.88. The molecule has 1 aromatic carbocycles. The Morgan fingerprint density at radius 1 is 1.41 bits per heavy atom. The normalized spacial score (nSPS) is 16.6. The van der Waals surface area contributed by atoms with E-state index in [1.54, 1.807) is 0 Å². The lowest BCUT2D eigenvalue weighted by Gasteiger charge is -2.28. The van der Waals surface area contributed by atoms with Gasteiger partial charge in [0.15, 0.2) is 11.5 Å². The summed E-state index contributed by atoms with van der Waals surface area (Å²) in [6.45, 7) is 5.39. The Morgan fingerprint density at radius 2 is 2.07 bits per heavy atom. The number of phenolic OH excluding ortho intramolecular Hbond substituents is 1. The summed E-state index contributed by atoms with van der Waals surface area (Å²) in [6.07, 6.45) is 0. The molecule has 3 N–H and O–H groups in total. The minimum absolute atomic E-state index is 0.0353. The first-order chi connectivity index (χ1) is 12.6. The molecule has 1 aromatic rings. The van der Waals surface area contributed by atoms with E-state index in [-0.39, 0.29) is 40.8 Å². The highest BCUT2D eigenvalue weighted by molar-refractivity contribution is 5.95. The number of carbonyl (C=O) groups is 2. The summed E-state index contributed by atoms with van der Waals surface area (Å²) < 4.78 is 10.2. The molecule has 0 saturated carbocycles. The first kappa shape index (κ1) is 20.0. The average molecular weight is 379 g/mol. The quantitative estimate of drug-likeness (QED) is 0.391. The number of nitro benzene ring substituents is 1. The van der Waals surface area contributed by atoms with Gasteiger partial charge in [-0.3, -0.25) is 10.1 Å². The van der Waals surface area contributed by atoms with Crippen molar-refractivity contribution >= 4 is 17.7 Å². The minimum atomic E-state index is -1.15. The van der Waals surface area contributed by atoms with Gasteiger partial charge < -0.3 is 25.2 Å². The monoisotopic (exact) mass is 379 g/mol. The van der Waals surface area contributed by atoms with Crippen LogP contribution in [0.3, 0.4) is 0 Å². The fourth-order valence-corrected chi connectivity index (χ4v) is 2.61. The molecule has 0 aliphatic carbocycles. The van der Waals surface area contributed by atoms with Crippen molar-refractivity contribution in [1.82, 2.24) is 10.6 Å². The van der Waals surface area contributed by atoms with Crippen LogP contribution in [-0.2, 0) is 9.53 Å². The maximum atomic E-state index is 12.6. The third kappa shape index (κ3) is 4.27. The number of carbonyl (C=O) groups excluding carboxylic acids is 2. The number of nitrogens with one attached hydrogen (secondary N) is 2. The highest BCUT2D eigenvalue weighted by Gasteiger charge is 2.35. The summed E-state index contributed by atoms with van der Waals surface area (Å²) in [5.74, 6) is -1.19. The lowest BCUT2D eigenvalue weighted by atomic mass is 9.94. The predicted molar refractivity (Wildman–Crippen MR) is 94.2 cm³/mol. The number of urea groups is 1. The highest BCUT2D eigenvalue weighted by Crippen LogP contribution is 2.41. The second-order valence-electron chi connectivity index (χ2n) is 6.41. The number of benzene rings is 1. The van der Waals surface area contributed by atoms with Crippen molar-refractivity contribution in [3.8, 4) is 11.5 Å². The second-order valence-corrected chi connectivity index (χ2v) is 6.41. The zero-order valence-corrected chi connectivity index (χ0v) is 15.4. The maximum Gasteiger partial charge on any atom is 0.338 e. The van der Waals surface area contributed by atoms with E-state index in [1.165, 1.54) is 14.0 Å². The molecule has 0 aromatic heterocycles. The molecule has 0 fully saturated rings. The Balaban J connectivity index is 2.57. The van der Waals surface area contributed by atoms with Crippen molar-refractivity contribution in [3.63, 3.8) is 0 Å². The molecule has 0 spiro atoms. The molecule has 1 heterocycles. The van der Waals surface area contributed by atoms with E-state index >= 15 is 0 Å². The van der Waals surface area contributed by atoms with Crippen molar-refractivity contribution in [2.45, 2.75) is 26.8 Å². The number of rotatable bonds is 6. The molecule has 1 atom stereocenters. The van der Waals surface area contributed by atoms with Crippen molar-refractivity contribution in [1.29, 1.82) is 0 Å². The number of methoxy groups -OCH3 is 1. The Hall–Kier alpha value is -3.30. The molecular weight excluding hydrogens is 358 g/mol. The number of non-ortho nitro benzene ring substituents is 1. The van der Waals surface area contributed by atoms with Crippen LogP contribution in [0.25, 0.3) is 0 Å². The van der Waals surface area contributed by atoms with E-state index in [0.29, 0.717) is 0 Å². The molecule has 2 amide bonds. The van der Waals surface area contributed by atoms with Crippen molar-refractivity contribution in [2.75, 3.05) is 13.7 Å². The van der Waals surface area contributed by atoms with Gasteiger partial charge in [0.1, 0.15) is 0 Å². The van der Waals surface area contributed by atoms with Crippen LogP contribution in [-0.4, -0.2) is 35.7 Å². The molecule has 0 radical (unpaired) electrons. The molecule has 0 saturated heterocycles. The molecular formula is C17H21N3O7. The van der Waals surface area contributed by atoms with E-state index < -0.39 is 28.7 Å². The summed E-state index contributed by atoms with van der Waals surface area (Å²) >= 11 is 0. The zero-order chi connectivity index (χ0) is 20.3. The van der Waals surface area contributed by atoms with E-state index in [4.69, 9.17) is 9.47 Å². The fraction of sp³-hybridized carbons (Fsp3) is 0.412. The van der Waals surface area contributed by atoms with Crippen LogP contribution in [0.1, 0.15) is 32.4 Å². The molecule has 1 aliphatic rings. The average Bonchev–Trinajstić information content (AvgIpc) is 2.58. The van der Waals surface area contributed by atoms with Gasteiger partial charge in [-0.05, 0) is 12.8 Å². The summed E-state index contributed by atoms with van der Waals surface area (Å²) in [7, 11) is 1.24. The second kappa shape index (κ2) is 7.94. The summed E-state index contributed by atoms with van der Waals surface area (Å²) in [6, 6.07) is 0.363. The summed E-state index contributed by atoms with van der Waals surface area (Å²) in [4.78, 5) is 35.0. The third-order valence-corrected chi connectivity index (χ3v) is 3.87. The predicted octanol–water partition coefficient (Wildman–Crippen LogP) is 2.14. The van der Waals surface area contributed by atoms with Gasteiger partial charge in [-0.1, -0.05) is 13.8 Å². The molecule has 0 bridgehead atoms. The van der Waals surface area contributed by atoms with Crippen LogP contribution >= 0.6 is 0 Å². The smallest absolute Gasteiger partial charge is 0.338 e. The molecule has 1 unspecified atom stereocenters. The van der Waals surface area contributed by atoms with Crippen LogP contribution in [0.4, 0.5) is 10.5 Å². The Morgan fingerprint density at radius 3 is 2.63 bits per heavy atom. The Labute approximate surface area is 155 Å². The van der Waals surface area contributed by atoms with Gasteiger partial charge in [0.25, 0.3) is 5.69 Å². The van der Waals surface area contributed by atoms with Gasteiger partial charge in [0.05, 0.1) is 36.3 Å². The largest absolute Gasteiger partial charge is 0.504 e. The topological polar surface area (TPSA) is 140 Å². The fourth-order valence-electron chi connectivity index (χ4n) is 2.61. The molecule has 27 heavy (non-hydrogen) atoms. The van der Waals surface area contributed by atoms with E-state index in [1.807, 2.05) is 13.8 Å². The zero-order valence-electron chi connectivity index (χ0n) is 15.4. The first-order valence-corrected chi connectivity index (χ1v) is 8.16. The van der Waals surface area contributed by atoms with Crippen molar-refractivity contribution < 1.29 is 29.1 Å². The minimum Gasteiger partial charge on any atom is -0.504 e. The van der Waals surface area contributed by atoms with Gasteiger partial charge in [-0.15, -0.1) is 0 Å². The van der Waals surface area contributed by atoms with E-state index in [9.17, 15) is 24.8 Å². The first-order valence-electron chi connectivity index (χ1n) is 8.16. The van der Waals surface area contributed by atoms with Gasteiger partial charge in [0, 0.05) is 17.3 Å². The summed E-state index contributed by atoms with van der Waals surface area (Å²) in [5.41, 5.74) is -0.151. The molecule has 146 valence electrons. The van der Waals surface area contributed by atoms with E-state index in [2.05, 4.69) is 10.6 Å². The number of ether oxygens (including phenoxy) is 2. The van der Waals surface area contributed by atoms with Gasteiger partial charge in [-0.25, -0.2) is 9.59 Å². The SMILES string of the molecule is COc1cc([N+](=O)[O-])cc(C2NC(=O)NC(C)=C2C(=O)OCC(C)C)c1O. The van der Waals surface area contributed by atoms with Gasteiger partial charge >= 0.3 is 12.0 Å². The highest BCUT2D eigenvalue weighted by atomic mass is 16.6. The molecule has 10 heteroatoms. The number of allylic oxidation sites excluding steroid dienone is 1. The van der Waals surface area contributed by atoms with Crippen LogP contribution in [0.2, 0.25) is 0 Å². The van der Waals surface area contributed by atoms with Crippen LogP contribution in [0.5, 0.6) is 11.5 Å². The standard InChI is InChI=1S/C17H21N3O7/c1-8(2)7-27-16(22)13-9(3)18-17(23)19-14(13)11-5-10(20(24)25)6-12(26-4)15(11)21/h5-6,8,14,21H,7H2,1-4H3,(H2,18,19,23). The number of amides is 2. The Bertz CT molecular complexity index is 817. The number of aromatic hydroxyl groups is 1. The van der Waals surface area contributed by atoms with Crippen LogP contribution in [0.15, 0.2) is 23.4 Å². The summed E-state index contributed by atoms with van der Waals surface area (Å²) in [5, 5.41) is 26.6. The molecule has 2 rings (SSSR count). The lowest BCUT2D eigenvalue weighted by Crippen LogP contribution is -2.45. The molecule has 10 nitrogen and oxygen atoms in total. The lowest BCUT2D eigenvalue weighted by molar-refractivity contribution is -0.385. The van der Waals surface area contributed by atoms with Crippen molar-refractivity contribution in [2.24, 2.45) is 5.92 Å². The third-order valence-electron chi connectivity index (χ3n) is 3.87. The van der Waals surface area contributed by atoms with Gasteiger partial charge in [-0.2, -0.15) is 0 Å². The number of nitrogens with zero attached hydrogens (tertiary/aromatic N) is 1. The maximum absolute atomic E-state index is 12.6. The number of esters is 1. The molecule has 1 aliphatic heterocycles. The number of hydrogen-bond acceptors (Lipinski definition) is 7. The van der Waals surface area contributed by atoms with Crippen LogP contribution in [0, 0.1) is 16.0 Å². The van der Waals surface area contributed by atoms with Crippen LogP contribution < -0.4 is 15.4 Å². The number of phenols is 1.